The fourth-order valence-electron chi connectivity index (χ4n) is 4.98. The van der Waals surface area contributed by atoms with Crippen molar-refractivity contribution in [3.05, 3.63) is 48.0 Å². The zero-order valence-corrected chi connectivity index (χ0v) is 20.2. The average Bonchev–Trinajstić information content (AvgIpc) is 3.23. The summed E-state index contributed by atoms with van der Waals surface area (Å²) in [6, 6.07) is 7.87. The number of aryl methyl sites for hydroxylation is 1. The second-order valence-corrected chi connectivity index (χ2v) is 9.62. The number of carbonyl (C=O) groups is 1. The standard InChI is InChI=1S/C25H38N6O2/c1-28-10-12-30(13-11-28)16-21-14-22(18-31(17-21)19-24-26-8-9-29(24)2)25(32)27-15-20-4-6-23(33-3)7-5-20/h4-9,21-22H,10-19H2,1-3H3,(H,27,32)/t21-,22-/m1/s1. The monoisotopic (exact) mass is 454 g/mol. The SMILES string of the molecule is COc1ccc(CNC(=O)[C@@H]2C[C@H](CN3CCN(C)CC3)CN(Cc3nccn3C)C2)cc1. The molecule has 0 spiro atoms. The first kappa shape index (κ1) is 23.7. The number of hydrogen-bond acceptors (Lipinski definition) is 6. The highest BCUT2D eigenvalue weighted by Crippen LogP contribution is 2.25. The Hall–Kier alpha value is -2.42. The lowest BCUT2D eigenvalue weighted by Gasteiger charge is -2.40. The van der Waals surface area contributed by atoms with Crippen LogP contribution in [0.1, 0.15) is 17.8 Å². The number of likely N-dealkylation sites (N-methyl/N-ethyl adjacent to an activating group) is 1. The molecule has 2 fully saturated rings. The molecule has 8 nitrogen and oxygen atoms in total. The number of nitrogens with one attached hydrogen (secondary N) is 1. The van der Waals surface area contributed by atoms with Crippen LogP contribution in [0.3, 0.4) is 0 Å². The van der Waals surface area contributed by atoms with Gasteiger partial charge in [0, 0.05) is 71.8 Å². The summed E-state index contributed by atoms with van der Waals surface area (Å²) in [5.41, 5.74) is 1.08. The first-order chi connectivity index (χ1) is 16.0. The molecule has 8 heteroatoms. The lowest BCUT2D eigenvalue weighted by atomic mass is 9.87. The Labute approximate surface area is 197 Å². The summed E-state index contributed by atoms with van der Waals surface area (Å²) < 4.78 is 7.30. The smallest absolute Gasteiger partial charge is 0.224 e. The molecule has 4 rings (SSSR count). The Bertz CT molecular complexity index is 891. The van der Waals surface area contributed by atoms with Crippen LogP contribution in [0.4, 0.5) is 0 Å². The summed E-state index contributed by atoms with van der Waals surface area (Å²) in [5, 5.41) is 3.18. The number of amides is 1. The lowest BCUT2D eigenvalue weighted by Crippen LogP contribution is -2.51. The molecule has 1 amide bonds. The summed E-state index contributed by atoms with van der Waals surface area (Å²) >= 11 is 0. The zero-order chi connectivity index (χ0) is 23.2. The van der Waals surface area contributed by atoms with Crippen molar-refractivity contribution in [1.82, 2.24) is 29.6 Å². The lowest BCUT2D eigenvalue weighted by molar-refractivity contribution is -0.128. The summed E-state index contributed by atoms with van der Waals surface area (Å²) in [5.74, 6) is 2.51. The van der Waals surface area contributed by atoms with Crippen LogP contribution in [-0.4, -0.2) is 90.1 Å². The predicted molar refractivity (Wildman–Crippen MR) is 129 cm³/mol. The number of aromatic nitrogens is 2. The van der Waals surface area contributed by atoms with E-state index in [9.17, 15) is 4.79 Å². The zero-order valence-electron chi connectivity index (χ0n) is 20.2. The molecule has 0 unspecified atom stereocenters. The molecule has 3 heterocycles. The van der Waals surface area contributed by atoms with E-state index in [1.165, 1.54) is 0 Å². The minimum Gasteiger partial charge on any atom is -0.497 e. The predicted octanol–water partition coefficient (Wildman–Crippen LogP) is 1.43. The maximum Gasteiger partial charge on any atom is 0.224 e. The summed E-state index contributed by atoms with van der Waals surface area (Å²) in [4.78, 5) is 25.1. The Morgan fingerprint density at radius 3 is 2.52 bits per heavy atom. The molecule has 2 aromatic rings. The number of likely N-dealkylation sites (tertiary alicyclic amines) is 1. The number of ether oxygens (including phenoxy) is 1. The van der Waals surface area contributed by atoms with Crippen molar-refractivity contribution in [1.29, 1.82) is 0 Å². The molecule has 0 saturated carbocycles. The molecule has 1 aromatic heterocycles. The number of hydrogen-bond donors (Lipinski definition) is 1. The maximum atomic E-state index is 13.2. The number of carbonyl (C=O) groups excluding carboxylic acids is 1. The van der Waals surface area contributed by atoms with Gasteiger partial charge in [0.15, 0.2) is 0 Å². The van der Waals surface area contributed by atoms with Crippen LogP contribution in [0.5, 0.6) is 5.75 Å². The molecule has 33 heavy (non-hydrogen) atoms. The number of piperidine rings is 1. The number of methoxy groups -OCH3 is 1. The van der Waals surface area contributed by atoms with Gasteiger partial charge < -0.3 is 24.4 Å². The number of piperazine rings is 1. The fraction of sp³-hybridized carbons (Fsp3) is 0.600. The van der Waals surface area contributed by atoms with Gasteiger partial charge in [0.25, 0.3) is 0 Å². The fourth-order valence-corrected chi connectivity index (χ4v) is 4.98. The van der Waals surface area contributed by atoms with Crippen LogP contribution in [0.25, 0.3) is 0 Å². The number of benzene rings is 1. The van der Waals surface area contributed by atoms with Gasteiger partial charge in [0.05, 0.1) is 19.6 Å². The van der Waals surface area contributed by atoms with Gasteiger partial charge in [-0.15, -0.1) is 0 Å². The quantitative estimate of drug-likeness (QED) is 0.651. The van der Waals surface area contributed by atoms with Crippen LogP contribution in [-0.2, 0) is 24.9 Å². The highest BCUT2D eigenvalue weighted by molar-refractivity contribution is 5.79. The van der Waals surface area contributed by atoms with Crippen molar-refractivity contribution in [2.45, 2.75) is 19.5 Å². The Morgan fingerprint density at radius 2 is 1.85 bits per heavy atom. The number of rotatable bonds is 8. The van der Waals surface area contributed by atoms with Gasteiger partial charge in [0.2, 0.25) is 5.91 Å². The van der Waals surface area contributed by atoms with E-state index >= 15 is 0 Å². The van der Waals surface area contributed by atoms with E-state index in [2.05, 4.69) is 36.6 Å². The van der Waals surface area contributed by atoms with Crippen molar-refractivity contribution in [2.24, 2.45) is 18.9 Å². The van der Waals surface area contributed by atoms with Crippen LogP contribution in [0, 0.1) is 11.8 Å². The topological polar surface area (TPSA) is 65.9 Å². The van der Waals surface area contributed by atoms with Gasteiger partial charge in [-0.25, -0.2) is 4.98 Å². The van der Waals surface area contributed by atoms with Gasteiger partial charge in [-0.1, -0.05) is 12.1 Å². The van der Waals surface area contributed by atoms with E-state index in [0.29, 0.717) is 12.5 Å². The molecule has 2 saturated heterocycles. The largest absolute Gasteiger partial charge is 0.497 e. The minimum atomic E-state index is -0.00488. The van der Waals surface area contributed by atoms with E-state index in [-0.39, 0.29) is 11.8 Å². The molecule has 2 atom stereocenters. The molecule has 2 aliphatic heterocycles. The highest BCUT2D eigenvalue weighted by atomic mass is 16.5. The Kier molecular flexibility index (Phi) is 8.01. The van der Waals surface area contributed by atoms with E-state index in [0.717, 1.165) is 75.9 Å². The molecule has 1 aromatic carbocycles. The molecule has 2 aliphatic rings. The van der Waals surface area contributed by atoms with E-state index < -0.39 is 0 Å². The number of imidazole rings is 1. The van der Waals surface area contributed by atoms with Gasteiger partial charge in [-0.05, 0) is 37.1 Å². The van der Waals surface area contributed by atoms with Crippen LogP contribution in [0.2, 0.25) is 0 Å². The first-order valence-electron chi connectivity index (χ1n) is 12.0. The molecule has 0 aliphatic carbocycles. The molecule has 180 valence electrons. The maximum absolute atomic E-state index is 13.2. The molecular formula is C25H38N6O2. The van der Waals surface area contributed by atoms with Crippen LogP contribution < -0.4 is 10.1 Å². The summed E-state index contributed by atoms with van der Waals surface area (Å²) in [6.07, 6.45) is 4.78. The minimum absolute atomic E-state index is 0.00488. The second-order valence-electron chi connectivity index (χ2n) is 9.62. The normalized spacial score (nSPS) is 22.9. The van der Waals surface area contributed by atoms with E-state index in [4.69, 9.17) is 4.74 Å². The number of nitrogens with zero attached hydrogens (tertiary/aromatic N) is 5. The van der Waals surface area contributed by atoms with E-state index in [1.807, 2.05) is 43.7 Å². The van der Waals surface area contributed by atoms with Gasteiger partial charge in [0.1, 0.15) is 11.6 Å². The second kappa shape index (κ2) is 11.1. The third-order valence-corrected chi connectivity index (χ3v) is 7.01. The van der Waals surface area contributed by atoms with Crippen molar-refractivity contribution in [3.63, 3.8) is 0 Å². The summed E-state index contributed by atoms with van der Waals surface area (Å²) in [7, 11) is 5.89. The molecule has 1 N–H and O–H groups in total. The highest BCUT2D eigenvalue weighted by Gasteiger charge is 2.33. The van der Waals surface area contributed by atoms with Crippen LogP contribution in [0.15, 0.2) is 36.7 Å². The van der Waals surface area contributed by atoms with Crippen molar-refractivity contribution in [2.75, 3.05) is 60.0 Å². The molecular weight excluding hydrogens is 416 g/mol. The van der Waals surface area contributed by atoms with Gasteiger partial charge >= 0.3 is 0 Å². The van der Waals surface area contributed by atoms with Crippen molar-refractivity contribution < 1.29 is 9.53 Å². The molecule has 0 bridgehead atoms. The van der Waals surface area contributed by atoms with Gasteiger partial charge in [-0.3, -0.25) is 9.69 Å². The van der Waals surface area contributed by atoms with Gasteiger partial charge in [-0.2, -0.15) is 0 Å². The Morgan fingerprint density at radius 1 is 1.09 bits per heavy atom. The van der Waals surface area contributed by atoms with Crippen molar-refractivity contribution >= 4 is 5.91 Å². The third kappa shape index (κ3) is 6.56. The average molecular weight is 455 g/mol. The van der Waals surface area contributed by atoms with E-state index in [1.54, 1.807) is 7.11 Å². The van der Waals surface area contributed by atoms with Crippen molar-refractivity contribution in [3.8, 4) is 5.75 Å². The Balaban J connectivity index is 1.38. The van der Waals surface area contributed by atoms with Crippen LogP contribution >= 0.6 is 0 Å². The third-order valence-electron chi connectivity index (χ3n) is 7.01. The molecule has 0 radical (unpaired) electrons. The summed E-state index contributed by atoms with van der Waals surface area (Å²) in [6.45, 7) is 8.65. The first-order valence-corrected chi connectivity index (χ1v) is 12.0.